The lowest BCUT2D eigenvalue weighted by Gasteiger charge is -1.99. The summed E-state index contributed by atoms with van der Waals surface area (Å²) in [5, 5.41) is 4.01. The maximum Gasteiger partial charge on any atom is 0.280 e. The fourth-order valence-electron chi connectivity index (χ4n) is 2.90. The zero-order chi connectivity index (χ0) is 19.0. The molecule has 1 N–H and O–H groups in total. The monoisotopic (exact) mass is 439 g/mol. The van der Waals surface area contributed by atoms with E-state index in [0.717, 1.165) is 16.5 Å². The van der Waals surface area contributed by atoms with Gasteiger partial charge < -0.3 is 9.88 Å². The van der Waals surface area contributed by atoms with E-state index in [9.17, 15) is 9.59 Å². The Morgan fingerprint density at radius 2 is 1.93 bits per heavy atom. The number of hydrogen-bond donors (Lipinski definition) is 1. The van der Waals surface area contributed by atoms with E-state index in [1.807, 2.05) is 54.2 Å². The minimum atomic E-state index is -0.406. The average Bonchev–Trinajstić information content (AvgIpc) is 3.16. The van der Waals surface area contributed by atoms with Gasteiger partial charge in [0.25, 0.3) is 11.8 Å². The first-order valence-corrected chi connectivity index (χ1v) is 9.76. The van der Waals surface area contributed by atoms with Crippen LogP contribution in [0.5, 0.6) is 0 Å². The Labute approximate surface area is 168 Å². The van der Waals surface area contributed by atoms with E-state index in [0.29, 0.717) is 14.9 Å². The van der Waals surface area contributed by atoms with Crippen LogP contribution in [0.2, 0.25) is 0 Å². The molecule has 5 nitrogen and oxygen atoms in total. The molecule has 1 aromatic heterocycles. The van der Waals surface area contributed by atoms with Gasteiger partial charge in [-0.2, -0.15) is 4.99 Å². The molecular weight excluding hydrogens is 426 g/mol. The van der Waals surface area contributed by atoms with Gasteiger partial charge in [-0.3, -0.25) is 9.59 Å². The number of amidine groups is 1. The van der Waals surface area contributed by atoms with Gasteiger partial charge in [0.2, 0.25) is 0 Å². The molecular formula is C20H14BrN3O2S. The van der Waals surface area contributed by atoms with Gasteiger partial charge in [-0.15, -0.1) is 0 Å². The third kappa shape index (κ3) is 3.48. The van der Waals surface area contributed by atoms with Crippen LogP contribution in [0.25, 0.3) is 17.0 Å². The normalized spacial score (nSPS) is 17.0. The highest BCUT2D eigenvalue weighted by molar-refractivity contribution is 9.10. The van der Waals surface area contributed by atoms with E-state index in [1.165, 1.54) is 11.8 Å². The summed E-state index contributed by atoms with van der Waals surface area (Å²) in [4.78, 5) is 29.2. The number of nitrogens with one attached hydrogen (secondary N) is 1. The molecule has 4 rings (SSSR count). The van der Waals surface area contributed by atoms with Crippen LogP contribution in [0.15, 0.2) is 69.1 Å². The van der Waals surface area contributed by atoms with Gasteiger partial charge in [-0.05, 0) is 52.0 Å². The fourth-order valence-corrected chi connectivity index (χ4v) is 4.16. The molecule has 0 spiro atoms. The number of aliphatic imine (C=N–C) groups is 1. The quantitative estimate of drug-likeness (QED) is 0.603. The number of aryl methyl sites for hydroxylation is 1. The van der Waals surface area contributed by atoms with Crippen LogP contribution in [-0.4, -0.2) is 21.5 Å². The lowest BCUT2D eigenvalue weighted by Crippen LogP contribution is -2.20. The molecule has 2 aromatic carbocycles. The first-order chi connectivity index (χ1) is 13.0. The summed E-state index contributed by atoms with van der Waals surface area (Å²) in [6, 6.07) is 15.1. The van der Waals surface area contributed by atoms with E-state index < -0.39 is 5.91 Å². The molecule has 0 radical (unpaired) electrons. The Bertz CT molecular complexity index is 1150. The Morgan fingerprint density at radius 3 is 2.74 bits per heavy atom. The largest absolute Gasteiger partial charge is 0.350 e. The van der Waals surface area contributed by atoms with E-state index in [1.54, 1.807) is 18.2 Å². The smallest absolute Gasteiger partial charge is 0.280 e. The lowest BCUT2D eigenvalue weighted by molar-refractivity contribution is -0.115. The number of hydrogen-bond acceptors (Lipinski definition) is 3. The lowest BCUT2D eigenvalue weighted by atomic mass is 10.1. The van der Waals surface area contributed by atoms with Crippen LogP contribution in [0, 0.1) is 0 Å². The molecule has 3 aromatic rings. The summed E-state index contributed by atoms with van der Waals surface area (Å²) in [7, 11) is 1.97. The highest BCUT2D eigenvalue weighted by atomic mass is 79.9. The number of carbonyl (C=O) groups is 2. The minimum absolute atomic E-state index is 0.258. The van der Waals surface area contributed by atoms with Crippen molar-refractivity contribution < 1.29 is 9.59 Å². The van der Waals surface area contributed by atoms with Gasteiger partial charge in [-0.25, -0.2) is 0 Å². The number of fused-ring (bicyclic) bond motifs is 1. The summed E-state index contributed by atoms with van der Waals surface area (Å²) in [5.74, 6) is -0.664. The molecule has 7 heteroatoms. The third-order valence-electron chi connectivity index (χ3n) is 4.17. The molecule has 1 fully saturated rings. The van der Waals surface area contributed by atoms with Crippen molar-refractivity contribution in [1.82, 2.24) is 9.88 Å². The zero-order valence-corrected chi connectivity index (χ0v) is 16.7. The number of nitrogens with zero attached hydrogens (tertiary/aromatic N) is 2. The fraction of sp³-hybridized carbons (Fsp3) is 0.0500. The first-order valence-electron chi connectivity index (χ1n) is 8.15. The summed E-state index contributed by atoms with van der Waals surface area (Å²) < 4.78 is 2.69. The molecule has 0 unspecified atom stereocenters. The van der Waals surface area contributed by atoms with Crippen molar-refractivity contribution in [3.8, 4) is 0 Å². The number of amides is 2. The number of benzene rings is 2. The standard InChI is InChI=1S/C20H14BrN3O2S/c1-24-11-12(13-6-3-5-9-16(13)24)10-17-19(26)23-20(27-17)22-18(25)14-7-2-4-8-15(14)21/h2-11H,1H3,(H,22,23,25,26). The van der Waals surface area contributed by atoms with Gasteiger partial charge >= 0.3 is 0 Å². The summed E-state index contributed by atoms with van der Waals surface area (Å²) in [6.07, 6.45) is 3.81. The topological polar surface area (TPSA) is 63.5 Å². The second-order valence-electron chi connectivity index (χ2n) is 5.98. The predicted octanol–water partition coefficient (Wildman–Crippen LogP) is 4.34. The minimum Gasteiger partial charge on any atom is -0.350 e. The Balaban J connectivity index is 1.63. The van der Waals surface area contributed by atoms with Crippen molar-refractivity contribution >= 4 is 61.7 Å². The van der Waals surface area contributed by atoms with E-state index >= 15 is 0 Å². The SMILES string of the molecule is Cn1cc(C=C2SC(=NC(=O)c3ccccc3Br)NC2=O)c2ccccc21. The summed E-state index contributed by atoms with van der Waals surface area (Å²) in [5.41, 5.74) is 2.49. The second-order valence-corrected chi connectivity index (χ2v) is 7.86. The second kappa shape index (κ2) is 7.17. The molecule has 27 heavy (non-hydrogen) atoms. The first kappa shape index (κ1) is 17.8. The van der Waals surface area contributed by atoms with Crippen molar-refractivity contribution in [2.45, 2.75) is 0 Å². The summed E-state index contributed by atoms with van der Waals surface area (Å²) >= 11 is 4.51. The molecule has 0 aliphatic carbocycles. The molecule has 0 atom stereocenters. The highest BCUT2D eigenvalue weighted by Gasteiger charge is 2.25. The molecule has 2 amide bonds. The molecule has 0 bridgehead atoms. The van der Waals surface area contributed by atoms with Crippen LogP contribution in [0.1, 0.15) is 15.9 Å². The van der Waals surface area contributed by atoms with Gasteiger partial charge in [0.05, 0.1) is 10.5 Å². The predicted molar refractivity (Wildman–Crippen MR) is 113 cm³/mol. The van der Waals surface area contributed by atoms with Crippen molar-refractivity contribution in [1.29, 1.82) is 0 Å². The Kier molecular flexibility index (Phi) is 4.72. The number of thioether (sulfide) groups is 1. The zero-order valence-electron chi connectivity index (χ0n) is 14.3. The molecule has 1 aliphatic rings. The number of halogens is 1. The average molecular weight is 440 g/mol. The van der Waals surface area contributed by atoms with Crippen LogP contribution < -0.4 is 5.32 Å². The van der Waals surface area contributed by atoms with Crippen molar-refractivity contribution in [2.75, 3.05) is 0 Å². The van der Waals surface area contributed by atoms with Crippen LogP contribution >= 0.6 is 27.7 Å². The van der Waals surface area contributed by atoms with E-state index in [-0.39, 0.29) is 11.1 Å². The molecule has 2 heterocycles. The Hall–Kier alpha value is -2.64. The van der Waals surface area contributed by atoms with Gasteiger partial charge in [0.1, 0.15) is 0 Å². The van der Waals surface area contributed by atoms with E-state index in [2.05, 4.69) is 26.2 Å². The van der Waals surface area contributed by atoms with Gasteiger partial charge in [0.15, 0.2) is 5.17 Å². The van der Waals surface area contributed by atoms with Gasteiger partial charge in [0, 0.05) is 34.2 Å². The van der Waals surface area contributed by atoms with E-state index in [4.69, 9.17) is 0 Å². The maximum absolute atomic E-state index is 12.4. The highest BCUT2D eigenvalue weighted by Crippen LogP contribution is 2.30. The number of rotatable bonds is 2. The molecule has 134 valence electrons. The molecule has 1 aliphatic heterocycles. The van der Waals surface area contributed by atoms with Crippen LogP contribution in [0.4, 0.5) is 0 Å². The van der Waals surface area contributed by atoms with Crippen molar-refractivity contribution in [3.05, 3.63) is 75.2 Å². The van der Waals surface area contributed by atoms with Crippen LogP contribution in [0.3, 0.4) is 0 Å². The molecule has 0 saturated carbocycles. The number of para-hydroxylation sites is 1. The third-order valence-corrected chi connectivity index (χ3v) is 5.77. The number of carbonyl (C=O) groups excluding carboxylic acids is 2. The Morgan fingerprint density at radius 1 is 1.19 bits per heavy atom. The number of aromatic nitrogens is 1. The maximum atomic E-state index is 12.4. The molecule has 1 saturated heterocycles. The van der Waals surface area contributed by atoms with Crippen molar-refractivity contribution in [2.24, 2.45) is 12.0 Å². The summed E-state index contributed by atoms with van der Waals surface area (Å²) in [6.45, 7) is 0. The van der Waals surface area contributed by atoms with Gasteiger partial charge in [-0.1, -0.05) is 30.3 Å². The van der Waals surface area contributed by atoms with Crippen molar-refractivity contribution in [3.63, 3.8) is 0 Å². The van der Waals surface area contributed by atoms with Crippen LogP contribution in [-0.2, 0) is 11.8 Å².